The second kappa shape index (κ2) is 5.17. The van der Waals surface area contributed by atoms with Gasteiger partial charge < -0.3 is 9.64 Å². The number of fused-ring (bicyclic) bond motifs is 1. The summed E-state index contributed by atoms with van der Waals surface area (Å²) in [6.07, 6.45) is 2.37. The molecule has 2 aromatic rings. The van der Waals surface area contributed by atoms with Crippen molar-refractivity contribution in [3.8, 4) is 11.9 Å². The molecule has 0 bridgehead atoms. The smallest absolute Gasteiger partial charge is 0.221 e. The Morgan fingerprint density at radius 1 is 1.30 bits per heavy atom. The Hall–Kier alpha value is -2.61. The lowest BCUT2D eigenvalue weighted by atomic mass is 10.0. The average molecular weight is 266 g/mol. The summed E-state index contributed by atoms with van der Waals surface area (Å²) in [5.74, 6) is 0.620. The summed E-state index contributed by atoms with van der Waals surface area (Å²) in [5, 5.41) is 9.22. The van der Waals surface area contributed by atoms with E-state index in [1.165, 1.54) is 6.33 Å². The molecule has 0 aliphatic carbocycles. The van der Waals surface area contributed by atoms with Crippen molar-refractivity contribution in [2.24, 2.45) is 0 Å². The molecule has 1 aliphatic rings. The number of nitrogens with zero attached hydrogens (tertiary/aromatic N) is 4. The third-order valence-corrected chi connectivity index (χ3v) is 3.52. The Balaban J connectivity index is 1.98. The predicted octanol–water partition coefficient (Wildman–Crippen LogP) is 1.92. The first-order valence-electron chi connectivity index (χ1n) is 6.44. The normalized spacial score (nSPS) is 13.5. The monoisotopic (exact) mass is 266 g/mol. The molecule has 0 saturated carbocycles. The number of nitriles is 1. The molecule has 0 N–H and O–H groups in total. The molecular formula is C15H14N4O. The van der Waals surface area contributed by atoms with Crippen molar-refractivity contribution in [2.45, 2.75) is 13.0 Å². The van der Waals surface area contributed by atoms with Crippen LogP contribution in [0.15, 0.2) is 30.6 Å². The van der Waals surface area contributed by atoms with Crippen LogP contribution >= 0.6 is 0 Å². The van der Waals surface area contributed by atoms with Gasteiger partial charge in [-0.3, -0.25) is 0 Å². The first kappa shape index (κ1) is 12.4. The van der Waals surface area contributed by atoms with E-state index in [2.05, 4.69) is 20.9 Å². The molecule has 1 aromatic heterocycles. The standard InChI is InChI=1S/C15H14N4O/c1-20-15-12-9-19(7-6-13(12)17-10-18-15)14-5-3-2-4-11(14)8-16/h2-5,10H,6-7,9H2,1H3. The molecule has 3 rings (SSSR count). The highest BCUT2D eigenvalue weighted by molar-refractivity contribution is 5.60. The van der Waals surface area contributed by atoms with Crippen LogP contribution in [0.3, 0.4) is 0 Å². The number of methoxy groups -OCH3 is 1. The molecule has 5 heteroatoms. The van der Waals surface area contributed by atoms with Crippen molar-refractivity contribution in [2.75, 3.05) is 18.6 Å². The maximum atomic E-state index is 9.22. The zero-order valence-corrected chi connectivity index (χ0v) is 11.2. The molecule has 0 radical (unpaired) electrons. The van der Waals surface area contributed by atoms with Crippen molar-refractivity contribution in [1.82, 2.24) is 9.97 Å². The number of benzene rings is 1. The highest BCUT2D eigenvalue weighted by Crippen LogP contribution is 2.29. The molecule has 0 fully saturated rings. The summed E-state index contributed by atoms with van der Waals surface area (Å²) in [6, 6.07) is 9.88. The zero-order chi connectivity index (χ0) is 13.9. The van der Waals surface area contributed by atoms with Gasteiger partial charge in [0.05, 0.1) is 36.2 Å². The first-order valence-corrected chi connectivity index (χ1v) is 6.44. The van der Waals surface area contributed by atoms with Crippen LogP contribution < -0.4 is 9.64 Å². The minimum absolute atomic E-state index is 0.620. The molecule has 100 valence electrons. The van der Waals surface area contributed by atoms with Crippen molar-refractivity contribution in [3.63, 3.8) is 0 Å². The third-order valence-electron chi connectivity index (χ3n) is 3.52. The van der Waals surface area contributed by atoms with Crippen LogP contribution in [0.4, 0.5) is 5.69 Å². The Labute approximate surface area is 117 Å². The lowest BCUT2D eigenvalue weighted by Gasteiger charge is -2.31. The molecular weight excluding hydrogens is 252 g/mol. The fourth-order valence-electron chi connectivity index (χ4n) is 2.54. The maximum absolute atomic E-state index is 9.22. The summed E-state index contributed by atoms with van der Waals surface area (Å²) in [6.45, 7) is 1.50. The predicted molar refractivity (Wildman–Crippen MR) is 74.5 cm³/mol. The number of rotatable bonds is 2. The number of ether oxygens (including phenoxy) is 1. The Bertz CT molecular complexity index is 664. The van der Waals surface area contributed by atoms with E-state index in [0.717, 1.165) is 29.9 Å². The third kappa shape index (κ3) is 2.05. The van der Waals surface area contributed by atoms with Gasteiger partial charge in [0, 0.05) is 13.0 Å². The van der Waals surface area contributed by atoms with Crippen LogP contribution in [-0.2, 0) is 13.0 Å². The fraction of sp³-hybridized carbons (Fsp3) is 0.267. The average Bonchev–Trinajstić information content (AvgIpc) is 2.53. The quantitative estimate of drug-likeness (QED) is 0.831. The van der Waals surface area contributed by atoms with Crippen LogP contribution in [0.1, 0.15) is 16.8 Å². The highest BCUT2D eigenvalue weighted by atomic mass is 16.5. The fourth-order valence-corrected chi connectivity index (χ4v) is 2.54. The van der Waals surface area contributed by atoms with Crippen molar-refractivity contribution >= 4 is 5.69 Å². The van der Waals surface area contributed by atoms with Gasteiger partial charge in [-0.05, 0) is 12.1 Å². The molecule has 0 saturated heterocycles. The van der Waals surface area contributed by atoms with Gasteiger partial charge in [-0.2, -0.15) is 5.26 Å². The molecule has 1 aromatic carbocycles. The summed E-state index contributed by atoms with van der Waals surface area (Å²) in [4.78, 5) is 10.6. The van der Waals surface area contributed by atoms with Crippen molar-refractivity contribution in [1.29, 1.82) is 5.26 Å². The first-order chi connectivity index (χ1) is 9.83. The SMILES string of the molecule is COc1ncnc2c1CN(c1ccccc1C#N)CC2. The van der Waals surface area contributed by atoms with Crippen molar-refractivity contribution < 1.29 is 4.74 Å². The molecule has 1 aliphatic heterocycles. The summed E-state index contributed by atoms with van der Waals surface area (Å²) >= 11 is 0. The van der Waals surface area contributed by atoms with Gasteiger partial charge in [-0.25, -0.2) is 9.97 Å². The van der Waals surface area contributed by atoms with E-state index in [0.29, 0.717) is 18.0 Å². The minimum atomic E-state index is 0.620. The number of hydrogen-bond donors (Lipinski definition) is 0. The number of aromatic nitrogens is 2. The largest absolute Gasteiger partial charge is 0.481 e. The zero-order valence-electron chi connectivity index (χ0n) is 11.2. The Kier molecular flexibility index (Phi) is 3.21. The molecule has 0 spiro atoms. The van der Waals surface area contributed by atoms with Gasteiger partial charge >= 0.3 is 0 Å². The Morgan fingerprint density at radius 2 is 2.15 bits per heavy atom. The van der Waals surface area contributed by atoms with E-state index in [1.54, 1.807) is 7.11 Å². The number of hydrogen-bond acceptors (Lipinski definition) is 5. The molecule has 5 nitrogen and oxygen atoms in total. The molecule has 20 heavy (non-hydrogen) atoms. The topological polar surface area (TPSA) is 62.0 Å². The minimum Gasteiger partial charge on any atom is -0.481 e. The van der Waals surface area contributed by atoms with Gasteiger partial charge in [-0.1, -0.05) is 12.1 Å². The van der Waals surface area contributed by atoms with Crippen LogP contribution in [0.25, 0.3) is 0 Å². The maximum Gasteiger partial charge on any atom is 0.221 e. The van der Waals surface area contributed by atoms with E-state index in [4.69, 9.17) is 4.74 Å². The molecule has 2 heterocycles. The Morgan fingerprint density at radius 3 is 2.95 bits per heavy atom. The van der Waals surface area contributed by atoms with Crippen LogP contribution in [0, 0.1) is 11.3 Å². The van der Waals surface area contributed by atoms with E-state index in [1.807, 2.05) is 24.3 Å². The van der Waals surface area contributed by atoms with Crippen LogP contribution in [0.2, 0.25) is 0 Å². The van der Waals surface area contributed by atoms with Crippen molar-refractivity contribution in [3.05, 3.63) is 47.4 Å². The van der Waals surface area contributed by atoms with E-state index < -0.39 is 0 Å². The summed E-state index contributed by atoms with van der Waals surface area (Å²) < 4.78 is 5.31. The van der Waals surface area contributed by atoms with E-state index >= 15 is 0 Å². The van der Waals surface area contributed by atoms with Crippen LogP contribution in [0.5, 0.6) is 5.88 Å². The molecule has 0 atom stereocenters. The van der Waals surface area contributed by atoms with Gasteiger partial charge in [-0.15, -0.1) is 0 Å². The molecule has 0 unspecified atom stereocenters. The van der Waals surface area contributed by atoms with Gasteiger partial charge in [0.25, 0.3) is 0 Å². The number of anilines is 1. The van der Waals surface area contributed by atoms with Gasteiger partial charge in [0.15, 0.2) is 0 Å². The second-order valence-electron chi connectivity index (χ2n) is 4.61. The van der Waals surface area contributed by atoms with Crippen LogP contribution in [-0.4, -0.2) is 23.6 Å². The van der Waals surface area contributed by atoms with Gasteiger partial charge in [0.1, 0.15) is 12.4 Å². The second-order valence-corrected chi connectivity index (χ2v) is 4.61. The highest BCUT2D eigenvalue weighted by Gasteiger charge is 2.23. The van der Waals surface area contributed by atoms with E-state index in [-0.39, 0.29) is 0 Å². The lowest BCUT2D eigenvalue weighted by molar-refractivity contribution is 0.387. The van der Waals surface area contributed by atoms with E-state index in [9.17, 15) is 5.26 Å². The van der Waals surface area contributed by atoms with Gasteiger partial charge in [0.2, 0.25) is 5.88 Å². The number of para-hydroxylation sites is 1. The lowest BCUT2D eigenvalue weighted by Crippen LogP contribution is -2.32. The molecule has 0 amide bonds. The summed E-state index contributed by atoms with van der Waals surface area (Å²) in [7, 11) is 1.62. The summed E-state index contributed by atoms with van der Waals surface area (Å²) in [5.41, 5.74) is 3.68.